The minimum atomic E-state index is -3.45. The average Bonchev–Trinajstić information content (AvgIpc) is 3.19. The molecule has 0 saturated heterocycles. The van der Waals surface area contributed by atoms with Gasteiger partial charge in [-0.3, -0.25) is 4.68 Å². The van der Waals surface area contributed by atoms with E-state index in [1.54, 1.807) is 15.9 Å². The maximum absolute atomic E-state index is 12.9. The molecule has 1 fully saturated rings. The van der Waals surface area contributed by atoms with E-state index in [4.69, 9.17) is 5.73 Å². The van der Waals surface area contributed by atoms with Crippen molar-refractivity contribution in [1.82, 2.24) is 14.1 Å². The van der Waals surface area contributed by atoms with Crippen molar-refractivity contribution < 1.29 is 8.42 Å². The molecule has 0 radical (unpaired) electrons. The molecule has 0 aromatic carbocycles. The van der Waals surface area contributed by atoms with Gasteiger partial charge in [-0.1, -0.05) is 6.92 Å². The number of nitrogens with two attached hydrogens (primary N) is 1. The smallest absolute Gasteiger partial charge is 0.246 e. The molecule has 0 bridgehead atoms. The Bertz CT molecular complexity index is 590. The highest BCUT2D eigenvalue weighted by Crippen LogP contribution is 2.32. The summed E-state index contributed by atoms with van der Waals surface area (Å²) in [7, 11) is -3.45. The summed E-state index contributed by atoms with van der Waals surface area (Å²) in [5.74, 6) is 0.535. The molecule has 6 nitrogen and oxygen atoms in total. The van der Waals surface area contributed by atoms with E-state index in [2.05, 4.69) is 5.10 Å². The summed E-state index contributed by atoms with van der Waals surface area (Å²) < 4.78 is 29.2. The summed E-state index contributed by atoms with van der Waals surface area (Å²) in [5.41, 5.74) is 6.82. The van der Waals surface area contributed by atoms with Crippen LogP contribution in [0.25, 0.3) is 0 Å². The zero-order valence-electron chi connectivity index (χ0n) is 13.2. The van der Waals surface area contributed by atoms with Crippen molar-refractivity contribution >= 4 is 10.0 Å². The molecule has 7 heteroatoms. The molecular formula is C14H26N4O2S. The van der Waals surface area contributed by atoms with Gasteiger partial charge in [-0.2, -0.15) is 9.40 Å². The van der Waals surface area contributed by atoms with Gasteiger partial charge < -0.3 is 5.73 Å². The highest BCUT2D eigenvalue weighted by atomic mass is 32.2. The Morgan fingerprint density at radius 1 is 1.38 bits per heavy atom. The van der Waals surface area contributed by atoms with Crippen molar-refractivity contribution in [1.29, 1.82) is 0 Å². The molecule has 1 aromatic rings. The number of nitrogens with zero attached hydrogens (tertiary/aromatic N) is 3. The first-order valence-corrected chi connectivity index (χ1v) is 9.10. The molecular weight excluding hydrogens is 288 g/mol. The number of sulfonamides is 1. The summed E-state index contributed by atoms with van der Waals surface area (Å²) in [6, 6.07) is 0. The largest absolute Gasteiger partial charge is 0.330 e. The normalized spacial score (nSPS) is 15.9. The monoisotopic (exact) mass is 314 g/mol. The molecule has 0 amide bonds. The van der Waals surface area contributed by atoms with Crippen LogP contribution in [-0.4, -0.2) is 42.1 Å². The van der Waals surface area contributed by atoms with Gasteiger partial charge in [0, 0.05) is 19.6 Å². The van der Waals surface area contributed by atoms with E-state index in [0.717, 1.165) is 25.0 Å². The highest BCUT2D eigenvalue weighted by Gasteiger charge is 2.34. The predicted molar refractivity (Wildman–Crippen MR) is 82.5 cm³/mol. The topological polar surface area (TPSA) is 81.2 Å². The van der Waals surface area contributed by atoms with Crippen LogP contribution in [0.3, 0.4) is 0 Å². The van der Waals surface area contributed by atoms with Crippen LogP contribution in [0.2, 0.25) is 0 Å². The molecule has 1 aromatic heterocycles. The van der Waals surface area contributed by atoms with Gasteiger partial charge in [0.1, 0.15) is 4.90 Å². The minimum Gasteiger partial charge on any atom is -0.330 e. The minimum absolute atomic E-state index is 0.377. The van der Waals surface area contributed by atoms with E-state index in [-0.39, 0.29) is 0 Å². The van der Waals surface area contributed by atoms with Crippen LogP contribution in [0.4, 0.5) is 0 Å². The second-order valence-corrected chi connectivity index (χ2v) is 7.64. The summed E-state index contributed by atoms with van der Waals surface area (Å²) in [5, 5.41) is 4.38. The molecule has 21 heavy (non-hydrogen) atoms. The molecule has 0 spiro atoms. The van der Waals surface area contributed by atoms with E-state index in [9.17, 15) is 8.42 Å². The van der Waals surface area contributed by atoms with Crippen molar-refractivity contribution in [2.24, 2.45) is 11.7 Å². The Morgan fingerprint density at radius 2 is 2.05 bits per heavy atom. The van der Waals surface area contributed by atoms with Gasteiger partial charge in [-0.15, -0.1) is 0 Å². The summed E-state index contributed by atoms with van der Waals surface area (Å²) >= 11 is 0. The number of hydrogen-bond donors (Lipinski definition) is 1. The molecule has 1 aliphatic rings. The van der Waals surface area contributed by atoms with Gasteiger partial charge in [0.05, 0.1) is 11.4 Å². The zero-order chi connectivity index (χ0) is 15.6. The van der Waals surface area contributed by atoms with Gasteiger partial charge in [0.25, 0.3) is 0 Å². The van der Waals surface area contributed by atoms with Crippen molar-refractivity contribution in [2.45, 2.75) is 51.5 Å². The molecule has 120 valence electrons. The summed E-state index contributed by atoms with van der Waals surface area (Å²) in [4.78, 5) is 0.377. The fourth-order valence-electron chi connectivity index (χ4n) is 2.63. The van der Waals surface area contributed by atoms with E-state index >= 15 is 0 Å². The molecule has 1 saturated carbocycles. The van der Waals surface area contributed by atoms with Crippen LogP contribution < -0.4 is 5.73 Å². The van der Waals surface area contributed by atoms with Crippen LogP contribution in [0, 0.1) is 19.8 Å². The van der Waals surface area contributed by atoms with E-state index < -0.39 is 10.0 Å². The van der Waals surface area contributed by atoms with Crippen molar-refractivity contribution in [3.05, 3.63) is 11.4 Å². The van der Waals surface area contributed by atoms with E-state index in [1.807, 2.05) is 13.8 Å². The van der Waals surface area contributed by atoms with Crippen LogP contribution >= 0.6 is 0 Å². The summed E-state index contributed by atoms with van der Waals surface area (Å²) in [6.45, 7) is 7.86. The lowest BCUT2D eigenvalue weighted by molar-refractivity contribution is 0.411. The molecule has 1 aliphatic carbocycles. The predicted octanol–water partition coefficient (Wildman–Crippen LogP) is 1.27. The quantitative estimate of drug-likeness (QED) is 0.783. The number of rotatable bonds is 8. The molecule has 0 atom stereocenters. The van der Waals surface area contributed by atoms with Crippen LogP contribution in [0.5, 0.6) is 0 Å². The SMILES string of the molecule is CCN(CC1CC1)S(=O)(=O)c1c(C)nn(CCCN)c1C. The Morgan fingerprint density at radius 3 is 2.57 bits per heavy atom. The van der Waals surface area contributed by atoms with Gasteiger partial charge in [0.2, 0.25) is 10.0 Å². The van der Waals surface area contributed by atoms with Crippen molar-refractivity contribution in [3.63, 3.8) is 0 Å². The third kappa shape index (κ3) is 3.46. The van der Waals surface area contributed by atoms with E-state index in [1.165, 1.54) is 0 Å². The maximum Gasteiger partial charge on any atom is 0.246 e. The fourth-order valence-corrected chi connectivity index (χ4v) is 4.53. The second-order valence-electron chi connectivity index (χ2n) is 5.76. The van der Waals surface area contributed by atoms with Crippen molar-refractivity contribution in [3.8, 4) is 0 Å². The Balaban J connectivity index is 2.31. The average molecular weight is 314 g/mol. The molecule has 0 unspecified atom stereocenters. The lowest BCUT2D eigenvalue weighted by atomic mass is 10.4. The summed E-state index contributed by atoms with van der Waals surface area (Å²) in [6.07, 6.45) is 3.07. The standard InChI is InChI=1S/C14H26N4O2S/c1-4-17(10-13-6-7-13)21(19,20)14-11(2)16-18(12(14)3)9-5-8-15/h13H,4-10,15H2,1-3H3. The van der Waals surface area contributed by atoms with Gasteiger partial charge in [0.15, 0.2) is 0 Å². The van der Waals surface area contributed by atoms with Crippen LogP contribution in [0.1, 0.15) is 37.6 Å². The first kappa shape index (κ1) is 16.5. The van der Waals surface area contributed by atoms with Crippen molar-refractivity contribution in [2.75, 3.05) is 19.6 Å². The fraction of sp³-hybridized carbons (Fsp3) is 0.786. The van der Waals surface area contributed by atoms with E-state index in [0.29, 0.717) is 42.7 Å². The molecule has 2 rings (SSSR count). The third-order valence-corrected chi connectivity index (χ3v) is 6.19. The van der Waals surface area contributed by atoms with Crippen LogP contribution in [-0.2, 0) is 16.6 Å². The number of aromatic nitrogens is 2. The maximum atomic E-state index is 12.9. The Hall–Kier alpha value is -0.920. The lowest BCUT2D eigenvalue weighted by Gasteiger charge is -2.20. The Kier molecular flexibility index (Phi) is 5.06. The van der Waals surface area contributed by atoms with Gasteiger partial charge in [-0.05, 0) is 45.6 Å². The molecule has 2 N–H and O–H groups in total. The lowest BCUT2D eigenvalue weighted by Crippen LogP contribution is -2.33. The third-order valence-electron chi connectivity index (χ3n) is 4.00. The van der Waals surface area contributed by atoms with Gasteiger partial charge in [-0.25, -0.2) is 8.42 Å². The molecule has 1 heterocycles. The zero-order valence-corrected chi connectivity index (χ0v) is 14.0. The highest BCUT2D eigenvalue weighted by molar-refractivity contribution is 7.89. The Labute approximate surface area is 127 Å². The molecule has 0 aliphatic heterocycles. The van der Waals surface area contributed by atoms with Crippen LogP contribution in [0.15, 0.2) is 4.90 Å². The van der Waals surface area contributed by atoms with Gasteiger partial charge >= 0.3 is 0 Å². The first-order chi connectivity index (χ1) is 9.91. The first-order valence-electron chi connectivity index (χ1n) is 7.66. The number of hydrogen-bond acceptors (Lipinski definition) is 4. The number of aryl methyl sites for hydroxylation is 2. The second kappa shape index (κ2) is 6.46.